The predicted molar refractivity (Wildman–Crippen MR) is 97.2 cm³/mol. The van der Waals surface area contributed by atoms with Gasteiger partial charge in [0.25, 0.3) is 0 Å². The van der Waals surface area contributed by atoms with Crippen LogP contribution in [0.2, 0.25) is 0 Å². The maximum atomic E-state index is 6.03. The molecule has 130 valence electrons. The number of hydrogen-bond acceptors (Lipinski definition) is 6. The number of fused-ring (bicyclic) bond motifs is 1. The molecular weight excluding hydrogens is 336 g/mol. The van der Waals surface area contributed by atoms with E-state index in [1.54, 1.807) is 11.3 Å². The van der Waals surface area contributed by atoms with Crippen molar-refractivity contribution in [2.24, 2.45) is 0 Å². The van der Waals surface area contributed by atoms with Gasteiger partial charge in [-0.2, -0.15) is 0 Å². The number of nitrogens with zero attached hydrogens (tertiary/aromatic N) is 2. The minimum absolute atomic E-state index is 0.00359. The summed E-state index contributed by atoms with van der Waals surface area (Å²) in [5.41, 5.74) is 0.961. The molecule has 1 aliphatic heterocycles. The second kappa shape index (κ2) is 6.90. The van der Waals surface area contributed by atoms with Gasteiger partial charge >= 0.3 is 0 Å². The Labute approximate surface area is 150 Å². The summed E-state index contributed by atoms with van der Waals surface area (Å²) in [5.74, 6) is 3.18. The van der Waals surface area contributed by atoms with Crippen LogP contribution in [0.5, 0.6) is 11.5 Å². The van der Waals surface area contributed by atoms with Gasteiger partial charge in [0.05, 0.1) is 10.6 Å². The first-order chi connectivity index (χ1) is 12.2. The number of aromatic nitrogens is 1. The van der Waals surface area contributed by atoms with Crippen LogP contribution in [-0.2, 0) is 6.54 Å². The first-order valence-electron chi connectivity index (χ1n) is 8.26. The average molecular weight is 356 g/mol. The summed E-state index contributed by atoms with van der Waals surface area (Å²) in [5, 5.41) is 2.03. The maximum absolute atomic E-state index is 6.03. The smallest absolute Gasteiger partial charge is 0.236 e. The fourth-order valence-corrected chi connectivity index (χ4v) is 3.55. The Morgan fingerprint density at radius 1 is 1.20 bits per heavy atom. The molecule has 6 heteroatoms. The molecule has 25 heavy (non-hydrogen) atoms. The van der Waals surface area contributed by atoms with Gasteiger partial charge in [0.1, 0.15) is 18.5 Å². The molecule has 1 aromatic carbocycles. The van der Waals surface area contributed by atoms with Crippen molar-refractivity contribution in [3.05, 3.63) is 53.2 Å². The summed E-state index contributed by atoms with van der Waals surface area (Å²) >= 11 is 1.63. The highest BCUT2D eigenvalue weighted by molar-refractivity contribution is 7.13. The van der Waals surface area contributed by atoms with Gasteiger partial charge in [0.2, 0.25) is 5.89 Å². The van der Waals surface area contributed by atoms with Crippen molar-refractivity contribution in [3.63, 3.8) is 0 Å². The first kappa shape index (κ1) is 16.2. The summed E-state index contributed by atoms with van der Waals surface area (Å²) in [6.07, 6.45) is 0.00359. The zero-order chi connectivity index (χ0) is 17.2. The fraction of sp³-hybridized carbons (Fsp3) is 0.316. The number of aryl methyl sites for hydroxylation is 1. The molecule has 0 aliphatic carbocycles. The highest BCUT2D eigenvalue weighted by Crippen LogP contribution is 2.31. The normalized spacial score (nSPS) is 16.4. The van der Waals surface area contributed by atoms with E-state index in [4.69, 9.17) is 13.9 Å². The third kappa shape index (κ3) is 3.55. The molecule has 0 fully saturated rings. The lowest BCUT2D eigenvalue weighted by Gasteiger charge is -2.29. The van der Waals surface area contributed by atoms with Crippen molar-refractivity contribution in [1.82, 2.24) is 9.88 Å². The monoisotopic (exact) mass is 356 g/mol. The van der Waals surface area contributed by atoms with Crippen LogP contribution in [0, 0.1) is 6.92 Å². The number of rotatable bonds is 5. The van der Waals surface area contributed by atoms with Crippen LogP contribution in [-0.4, -0.2) is 36.2 Å². The van der Waals surface area contributed by atoms with Gasteiger partial charge < -0.3 is 13.9 Å². The number of ether oxygens (including phenoxy) is 2. The van der Waals surface area contributed by atoms with Crippen LogP contribution >= 0.6 is 11.3 Å². The van der Waals surface area contributed by atoms with Crippen LogP contribution in [0.1, 0.15) is 11.5 Å². The molecule has 0 saturated heterocycles. The Hall–Kier alpha value is -2.31. The van der Waals surface area contributed by atoms with E-state index in [0.717, 1.165) is 34.4 Å². The van der Waals surface area contributed by atoms with Crippen molar-refractivity contribution in [3.8, 4) is 22.3 Å². The Kier molecular flexibility index (Phi) is 4.46. The van der Waals surface area contributed by atoms with E-state index in [-0.39, 0.29) is 6.10 Å². The topological polar surface area (TPSA) is 47.7 Å². The molecule has 0 spiro atoms. The minimum atomic E-state index is 0.00359. The molecule has 0 unspecified atom stereocenters. The van der Waals surface area contributed by atoms with E-state index in [9.17, 15) is 0 Å². The number of thiophene rings is 1. The second-order valence-electron chi connectivity index (χ2n) is 6.19. The Bertz CT molecular complexity index is 844. The SMILES string of the molecule is Cc1oc(-c2cccs2)nc1CN(C)C[C@@H]1COc2ccccc2O1. The highest BCUT2D eigenvalue weighted by atomic mass is 32.1. The Balaban J connectivity index is 1.39. The summed E-state index contributed by atoms with van der Waals surface area (Å²) in [7, 11) is 2.06. The molecule has 2 aromatic heterocycles. The second-order valence-corrected chi connectivity index (χ2v) is 7.14. The summed E-state index contributed by atoms with van der Waals surface area (Å²) < 4.78 is 17.6. The van der Waals surface area contributed by atoms with E-state index in [2.05, 4.69) is 16.9 Å². The zero-order valence-corrected chi connectivity index (χ0v) is 15.1. The molecule has 1 atom stereocenters. The van der Waals surface area contributed by atoms with Gasteiger partial charge in [-0.3, -0.25) is 4.90 Å². The predicted octanol–water partition coefficient (Wildman–Crippen LogP) is 3.98. The van der Waals surface area contributed by atoms with Gasteiger partial charge in [-0.25, -0.2) is 4.98 Å². The van der Waals surface area contributed by atoms with E-state index < -0.39 is 0 Å². The van der Waals surface area contributed by atoms with Crippen LogP contribution in [0.15, 0.2) is 46.2 Å². The quantitative estimate of drug-likeness (QED) is 0.692. The minimum Gasteiger partial charge on any atom is -0.486 e. The molecule has 0 bridgehead atoms. The molecule has 0 radical (unpaired) electrons. The van der Waals surface area contributed by atoms with E-state index in [1.165, 1.54) is 0 Å². The zero-order valence-electron chi connectivity index (χ0n) is 14.3. The molecular formula is C19H20N2O3S. The number of benzene rings is 1. The van der Waals surface area contributed by atoms with Crippen LogP contribution in [0.4, 0.5) is 0 Å². The maximum Gasteiger partial charge on any atom is 0.236 e. The number of hydrogen-bond donors (Lipinski definition) is 0. The van der Waals surface area contributed by atoms with Crippen LogP contribution in [0.3, 0.4) is 0 Å². The molecule has 0 saturated carbocycles. The number of para-hydroxylation sites is 2. The standard InChI is InChI=1S/C19H20N2O3S/c1-13-15(20-19(23-13)18-8-5-9-25-18)11-21(2)10-14-12-22-16-6-3-4-7-17(16)24-14/h3-9,14H,10-12H2,1-2H3/t14-/m1/s1. The number of oxazole rings is 1. The van der Waals surface area contributed by atoms with E-state index >= 15 is 0 Å². The molecule has 3 aromatic rings. The van der Waals surface area contributed by atoms with E-state index in [1.807, 2.05) is 48.7 Å². The lowest BCUT2D eigenvalue weighted by molar-refractivity contribution is 0.0634. The third-order valence-electron chi connectivity index (χ3n) is 4.13. The van der Waals surface area contributed by atoms with Crippen molar-refractivity contribution < 1.29 is 13.9 Å². The van der Waals surface area contributed by atoms with Crippen molar-refractivity contribution >= 4 is 11.3 Å². The molecule has 0 N–H and O–H groups in total. The largest absolute Gasteiger partial charge is 0.486 e. The first-order valence-corrected chi connectivity index (χ1v) is 9.14. The van der Waals surface area contributed by atoms with Crippen molar-refractivity contribution in [1.29, 1.82) is 0 Å². The average Bonchev–Trinajstić information content (AvgIpc) is 3.25. The molecule has 5 nitrogen and oxygen atoms in total. The third-order valence-corrected chi connectivity index (χ3v) is 4.98. The van der Waals surface area contributed by atoms with E-state index in [0.29, 0.717) is 19.0 Å². The summed E-state index contributed by atoms with van der Waals surface area (Å²) in [6.45, 7) is 3.99. The van der Waals surface area contributed by atoms with Gasteiger partial charge in [0.15, 0.2) is 11.5 Å². The van der Waals surface area contributed by atoms with Crippen LogP contribution in [0.25, 0.3) is 10.8 Å². The highest BCUT2D eigenvalue weighted by Gasteiger charge is 2.23. The van der Waals surface area contributed by atoms with Crippen molar-refractivity contribution in [2.75, 3.05) is 20.2 Å². The Morgan fingerprint density at radius 3 is 2.84 bits per heavy atom. The molecule has 4 rings (SSSR count). The molecule has 1 aliphatic rings. The molecule has 3 heterocycles. The molecule has 0 amide bonds. The summed E-state index contributed by atoms with van der Waals surface area (Å²) in [6, 6.07) is 11.8. The van der Waals surface area contributed by atoms with Crippen molar-refractivity contribution in [2.45, 2.75) is 19.6 Å². The van der Waals surface area contributed by atoms with Gasteiger partial charge in [-0.05, 0) is 37.6 Å². The lowest BCUT2D eigenvalue weighted by Crippen LogP contribution is -2.39. The Morgan fingerprint density at radius 2 is 2.04 bits per heavy atom. The summed E-state index contributed by atoms with van der Waals surface area (Å²) in [4.78, 5) is 7.89. The fourth-order valence-electron chi connectivity index (χ4n) is 2.90. The number of likely N-dealkylation sites (N-methyl/N-ethyl adjacent to an activating group) is 1. The van der Waals surface area contributed by atoms with Gasteiger partial charge in [-0.15, -0.1) is 11.3 Å². The van der Waals surface area contributed by atoms with Crippen LogP contribution < -0.4 is 9.47 Å². The van der Waals surface area contributed by atoms with Gasteiger partial charge in [-0.1, -0.05) is 18.2 Å². The lowest BCUT2D eigenvalue weighted by atomic mass is 10.2. The van der Waals surface area contributed by atoms with Gasteiger partial charge in [0, 0.05) is 13.1 Å².